The molecule has 2 atom stereocenters. The summed E-state index contributed by atoms with van der Waals surface area (Å²) < 4.78 is 10.8. The zero-order valence-electron chi connectivity index (χ0n) is 16.4. The Morgan fingerprint density at radius 3 is 2.64 bits per heavy atom. The van der Waals surface area contributed by atoms with Gasteiger partial charge in [-0.3, -0.25) is 4.79 Å². The van der Waals surface area contributed by atoms with Gasteiger partial charge in [-0.2, -0.15) is 0 Å². The van der Waals surface area contributed by atoms with Crippen molar-refractivity contribution in [2.75, 3.05) is 32.2 Å². The van der Waals surface area contributed by atoms with Gasteiger partial charge in [0.1, 0.15) is 0 Å². The Morgan fingerprint density at radius 2 is 1.89 bits per heavy atom. The van der Waals surface area contributed by atoms with E-state index in [0.717, 1.165) is 43.5 Å². The van der Waals surface area contributed by atoms with Crippen molar-refractivity contribution in [1.29, 1.82) is 0 Å². The topological polar surface area (TPSA) is 76.6 Å². The number of piperidine rings is 1. The summed E-state index contributed by atoms with van der Waals surface area (Å²) in [7, 11) is 3.28. The summed E-state index contributed by atoms with van der Waals surface area (Å²) in [6.07, 6.45) is 7.15. The molecule has 2 aliphatic rings. The number of rotatable bonds is 5. The van der Waals surface area contributed by atoms with Crippen LogP contribution in [0, 0.1) is 5.92 Å². The largest absolute Gasteiger partial charge is 0.493 e. The van der Waals surface area contributed by atoms with Gasteiger partial charge in [0.25, 0.3) is 0 Å². The Labute approximate surface area is 165 Å². The lowest BCUT2D eigenvalue weighted by atomic mass is 9.96. The van der Waals surface area contributed by atoms with Crippen LogP contribution in [0.5, 0.6) is 11.5 Å². The molecule has 1 N–H and O–H groups in total. The predicted molar refractivity (Wildman–Crippen MR) is 106 cm³/mol. The minimum Gasteiger partial charge on any atom is -0.493 e. The fourth-order valence-electron chi connectivity index (χ4n) is 4.20. The molecule has 1 aromatic carbocycles. The number of ether oxygens (including phenoxy) is 2. The summed E-state index contributed by atoms with van der Waals surface area (Å²) in [6, 6.07) is 5.84. The van der Waals surface area contributed by atoms with E-state index in [1.165, 1.54) is 5.56 Å². The average Bonchev–Trinajstić information content (AvgIpc) is 3.14. The van der Waals surface area contributed by atoms with Crippen molar-refractivity contribution < 1.29 is 14.3 Å². The van der Waals surface area contributed by atoms with E-state index in [1.54, 1.807) is 32.7 Å². The second-order valence-electron chi connectivity index (χ2n) is 7.34. The maximum Gasteiger partial charge on any atom is 0.225 e. The van der Waals surface area contributed by atoms with Crippen molar-refractivity contribution in [2.24, 2.45) is 5.92 Å². The number of carbonyl (C=O) groups excluding carboxylic acids is 1. The zero-order valence-corrected chi connectivity index (χ0v) is 16.4. The zero-order chi connectivity index (χ0) is 19.5. The van der Waals surface area contributed by atoms with Crippen LogP contribution in [-0.2, 0) is 11.2 Å². The van der Waals surface area contributed by atoms with Crippen LogP contribution < -0.4 is 19.7 Å². The molecule has 1 saturated heterocycles. The number of nitrogens with one attached hydrogen (secondary N) is 1. The summed E-state index contributed by atoms with van der Waals surface area (Å²) in [5, 5.41) is 3.26. The molecule has 7 heteroatoms. The van der Waals surface area contributed by atoms with Gasteiger partial charge in [-0.15, -0.1) is 0 Å². The number of fused-ring (bicyclic) bond motifs is 1. The smallest absolute Gasteiger partial charge is 0.225 e. The first-order valence-corrected chi connectivity index (χ1v) is 9.76. The molecular weight excluding hydrogens is 356 g/mol. The highest BCUT2D eigenvalue weighted by Crippen LogP contribution is 2.39. The Morgan fingerprint density at radius 1 is 1.14 bits per heavy atom. The van der Waals surface area contributed by atoms with E-state index in [-0.39, 0.29) is 17.9 Å². The molecule has 4 rings (SSSR count). The maximum atomic E-state index is 13.0. The molecule has 1 aliphatic heterocycles. The van der Waals surface area contributed by atoms with Crippen LogP contribution in [0.2, 0.25) is 0 Å². The molecule has 1 aliphatic carbocycles. The minimum atomic E-state index is -0.0539. The third kappa shape index (κ3) is 3.61. The molecule has 148 valence electrons. The molecule has 28 heavy (non-hydrogen) atoms. The van der Waals surface area contributed by atoms with E-state index in [4.69, 9.17) is 9.47 Å². The van der Waals surface area contributed by atoms with Crippen molar-refractivity contribution in [1.82, 2.24) is 15.3 Å². The number of nitrogens with zero attached hydrogens (tertiary/aromatic N) is 3. The highest BCUT2D eigenvalue weighted by Gasteiger charge is 2.31. The Bertz CT molecular complexity index is 843. The summed E-state index contributed by atoms with van der Waals surface area (Å²) in [5.74, 6) is 2.18. The van der Waals surface area contributed by atoms with Crippen molar-refractivity contribution in [2.45, 2.75) is 31.7 Å². The van der Waals surface area contributed by atoms with Crippen LogP contribution in [0.25, 0.3) is 0 Å². The third-order valence-electron chi connectivity index (χ3n) is 5.67. The summed E-state index contributed by atoms with van der Waals surface area (Å²) >= 11 is 0. The molecule has 0 unspecified atom stereocenters. The SMILES string of the molecule is COc1cc2c(cc1OC)[C@@H](NC(=O)[C@@H]1CCCN(c3ncccn3)C1)CC2. The van der Waals surface area contributed by atoms with Crippen LogP contribution in [0.1, 0.15) is 36.4 Å². The number of amides is 1. The number of hydrogen-bond donors (Lipinski definition) is 1. The molecule has 1 fully saturated rings. The van der Waals surface area contributed by atoms with Gasteiger partial charge in [0.05, 0.1) is 26.2 Å². The quantitative estimate of drug-likeness (QED) is 0.856. The molecule has 2 aromatic rings. The number of hydrogen-bond acceptors (Lipinski definition) is 6. The van der Waals surface area contributed by atoms with E-state index >= 15 is 0 Å². The summed E-state index contributed by atoms with van der Waals surface area (Å²) in [6.45, 7) is 1.54. The van der Waals surface area contributed by atoms with E-state index in [2.05, 4.69) is 20.2 Å². The number of anilines is 1. The molecule has 2 heterocycles. The molecule has 1 amide bonds. The van der Waals surface area contributed by atoms with Crippen molar-refractivity contribution in [3.8, 4) is 11.5 Å². The maximum absolute atomic E-state index is 13.0. The van der Waals surface area contributed by atoms with Gasteiger partial charge < -0.3 is 19.7 Å². The van der Waals surface area contributed by atoms with E-state index in [1.807, 2.05) is 12.1 Å². The second kappa shape index (κ2) is 8.04. The average molecular weight is 382 g/mol. The van der Waals surface area contributed by atoms with Gasteiger partial charge in [-0.05, 0) is 55.0 Å². The van der Waals surface area contributed by atoms with Crippen molar-refractivity contribution in [3.05, 3.63) is 41.7 Å². The van der Waals surface area contributed by atoms with Gasteiger partial charge in [0, 0.05) is 25.5 Å². The van der Waals surface area contributed by atoms with Gasteiger partial charge in [-0.1, -0.05) is 0 Å². The monoisotopic (exact) mass is 382 g/mol. The van der Waals surface area contributed by atoms with Crippen LogP contribution in [0.3, 0.4) is 0 Å². The first kappa shape index (κ1) is 18.5. The standard InChI is InChI=1S/C21H26N4O3/c1-27-18-11-14-6-7-17(16(14)12-19(18)28-2)24-20(26)15-5-3-10-25(13-15)21-22-8-4-9-23-21/h4,8-9,11-12,15,17H,3,5-7,10,13H2,1-2H3,(H,24,26)/t15-,17+/m1/s1. The molecule has 0 saturated carbocycles. The van der Waals surface area contributed by atoms with Gasteiger partial charge >= 0.3 is 0 Å². The molecule has 0 bridgehead atoms. The lowest BCUT2D eigenvalue weighted by molar-refractivity contribution is -0.126. The molecule has 1 aromatic heterocycles. The van der Waals surface area contributed by atoms with Crippen molar-refractivity contribution >= 4 is 11.9 Å². The van der Waals surface area contributed by atoms with Crippen LogP contribution in [-0.4, -0.2) is 43.2 Å². The fraction of sp³-hybridized carbons (Fsp3) is 0.476. The molecule has 7 nitrogen and oxygen atoms in total. The third-order valence-corrected chi connectivity index (χ3v) is 5.67. The first-order valence-electron chi connectivity index (χ1n) is 9.76. The van der Waals surface area contributed by atoms with E-state index < -0.39 is 0 Å². The summed E-state index contributed by atoms with van der Waals surface area (Å²) in [5.41, 5.74) is 2.34. The number of methoxy groups -OCH3 is 2. The van der Waals surface area contributed by atoms with Crippen molar-refractivity contribution in [3.63, 3.8) is 0 Å². The highest BCUT2D eigenvalue weighted by atomic mass is 16.5. The van der Waals surface area contributed by atoms with Crippen LogP contribution in [0.4, 0.5) is 5.95 Å². The number of aryl methyl sites for hydroxylation is 1. The van der Waals surface area contributed by atoms with Crippen LogP contribution in [0.15, 0.2) is 30.6 Å². The normalized spacial score (nSPS) is 21.1. The Kier molecular flexibility index (Phi) is 5.32. The molecular formula is C21H26N4O3. The van der Waals surface area contributed by atoms with E-state index in [9.17, 15) is 4.79 Å². The number of benzene rings is 1. The first-order chi connectivity index (χ1) is 13.7. The predicted octanol–water partition coefficient (Wildman–Crippen LogP) is 2.51. The lowest BCUT2D eigenvalue weighted by Crippen LogP contribution is -2.44. The number of aromatic nitrogens is 2. The molecule has 0 radical (unpaired) electrons. The van der Waals surface area contributed by atoms with Crippen LogP contribution >= 0.6 is 0 Å². The fourth-order valence-corrected chi connectivity index (χ4v) is 4.20. The van der Waals surface area contributed by atoms with Gasteiger partial charge in [0.15, 0.2) is 11.5 Å². The molecule has 0 spiro atoms. The summed E-state index contributed by atoms with van der Waals surface area (Å²) in [4.78, 5) is 23.7. The Hall–Kier alpha value is -2.83. The second-order valence-corrected chi connectivity index (χ2v) is 7.34. The number of carbonyl (C=O) groups is 1. The minimum absolute atomic E-state index is 0.0191. The van der Waals surface area contributed by atoms with Gasteiger partial charge in [-0.25, -0.2) is 9.97 Å². The Balaban J connectivity index is 1.45. The highest BCUT2D eigenvalue weighted by molar-refractivity contribution is 5.80. The lowest BCUT2D eigenvalue weighted by Gasteiger charge is -2.32. The van der Waals surface area contributed by atoms with E-state index in [0.29, 0.717) is 18.2 Å². The van der Waals surface area contributed by atoms with Gasteiger partial charge in [0.2, 0.25) is 11.9 Å².